The van der Waals surface area contributed by atoms with Crippen molar-refractivity contribution in [2.75, 3.05) is 13.2 Å². The summed E-state index contributed by atoms with van der Waals surface area (Å²) in [5.74, 6) is -2.63. The van der Waals surface area contributed by atoms with Gasteiger partial charge in [-0.2, -0.15) is 0 Å². The highest BCUT2D eigenvalue weighted by Gasteiger charge is 2.48. The molecule has 0 saturated carbocycles. The summed E-state index contributed by atoms with van der Waals surface area (Å²) in [4.78, 5) is 0. The second kappa shape index (κ2) is 7.32. The zero-order valence-electron chi connectivity index (χ0n) is 14.3. The van der Waals surface area contributed by atoms with Gasteiger partial charge in [0.2, 0.25) is 0 Å². The summed E-state index contributed by atoms with van der Waals surface area (Å²) in [6.45, 7) is 8.13. The van der Waals surface area contributed by atoms with Gasteiger partial charge >= 0.3 is 0 Å². The first-order valence-corrected chi connectivity index (χ1v) is 10.9. The fourth-order valence-corrected chi connectivity index (χ4v) is 5.95. The van der Waals surface area contributed by atoms with Crippen molar-refractivity contribution in [3.8, 4) is 0 Å². The summed E-state index contributed by atoms with van der Waals surface area (Å²) < 4.78 is 30.2. The van der Waals surface area contributed by atoms with Crippen LogP contribution in [0.2, 0.25) is 0 Å². The molecule has 2 atom stereocenters. The Balaban J connectivity index is 2.19. The number of benzene rings is 1. The van der Waals surface area contributed by atoms with Crippen LogP contribution in [0.4, 0.5) is 8.78 Å². The number of hydrogen-bond donors (Lipinski definition) is 0. The van der Waals surface area contributed by atoms with E-state index < -0.39 is 13.0 Å². The number of unbranched alkanes of at least 4 members (excludes halogenated alkanes) is 1. The zero-order chi connectivity index (χ0) is 17.1. The van der Waals surface area contributed by atoms with Crippen LogP contribution in [-0.2, 0) is 6.16 Å². The fraction of sp³-hybridized carbons (Fsp3) is 0.526. The Morgan fingerprint density at radius 2 is 2.00 bits per heavy atom. The van der Waals surface area contributed by atoms with Crippen LogP contribution < -0.4 is 0 Å². The van der Waals surface area contributed by atoms with Gasteiger partial charge in [0.1, 0.15) is 0 Å². The number of nitrogens with zero attached hydrogens (tertiary/aromatic N) is 1. The first kappa shape index (κ1) is 18.4. The molecule has 1 aromatic rings. The Morgan fingerprint density at radius 3 is 2.61 bits per heavy atom. The van der Waals surface area contributed by atoms with Crippen LogP contribution in [0.5, 0.6) is 0 Å². The maximum absolute atomic E-state index is 14.1. The van der Waals surface area contributed by atoms with E-state index in [1.165, 1.54) is 5.56 Å². The highest BCUT2D eigenvalue weighted by molar-refractivity contribution is 7.70. The molecular formula is C19H28F2NP. The van der Waals surface area contributed by atoms with E-state index in [4.69, 9.17) is 0 Å². The minimum atomic E-state index is -2.63. The van der Waals surface area contributed by atoms with E-state index in [1.54, 1.807) is 0 Å². The van der Waals surface area contributed by atoms with Crippen molar-refractivity contribution in [2.24, 2.45) is 0 Å². The minimum Gasteiger partial charge on any atom is -0.270 e. The molecule has 1 aromatic carbocycles. The molecule has 1 fully saturated rings. The van der Waals surface area contributed by atoms with Crippen LogP contribution in [0.15, 0.2) is 42.5 Å². The second-order valence-electron chi connectivity index (χ2n) is 6.92. The predicted octanol–water partition coefficient (Wildman–Crippen LogP) is 5.64. The standard InChI is InChI=1S/C19H28F2NP/c1-5-6-10-16(2)18-13-19(20,21)15-22(18)23(3,4)14-17-11-8-7-9-12-17/h7-9,11-12,18H,2-3,5-6,10,13-15H2,1,4H3. The Kier molecular flexibility index (Phi) is 5.86. The molecule has 4 heteroatoms. The lowest BCUT2D eigenvalue weighted by molar-refractivity contribution is 0.0177. The largest absolute Gasteiger partial charge is 0.270 e. The Labute approximate surface area is 139 Å². The zero-order valence-corrected chi connectivity index (χ0v) is 15.2. The van der Waals surface area contributed by atoms with Crippen LogP contribution in [0.25, 0.3) is 0 Å². The molecule has 1 aliphatic heterocycles. The number of hydrogen-bond acceptors (Lipinski definition) is 1. The van der Waals surface area contributed by atoms with Crippen molar-refractivity contribution in [3.63, 3.8) is 0 Å². The molecule has 23 heavy (non-hydrogen) atoms. The number of alkyl halides is 2. The van der Waals surface area contributed by atoms with Crippen LogP contribution in [0.1, 0.15) is 38.2 Å². The summed E-state index contributed by atoms with van der Waals surface area (Å²) in [5, 5.41) is 0. The SMILES string of the molecule is C=C(CCCC)C1CC(F)(F)CN1P(=C)(C)Cc1ccccc1. The molecule has 1 saturated heterocycles. The molecule has 0 aliphatic carbocycles. The van der Waals surface area contributed by atoms with Gasteiger partial charge in [-0.1, -0.05) is 69.2 Å². The van der Waals surface area contributed by atoms with E-state index in [0.29, 0.717) is 0 Å². The van der Waals surface area contributed by atoms with Gasteiger partial charge in [-0.3, -0.25) is 4.67 Å². The molecule has 1 aliphatic rings. The number of rotatable bonds is 7. The third-order valence-corrected chi connectivity index (χ3v) is 7.26. The lowest BCUT2D eigenvalue weighted by Gasteiger charge is -2.36. The lowest BCUT2D eigenvalue weighted by Crippen LogP contribution is -2.29. The molecule has 1 heterocycles. The summed E-state index contributed by atoms with van der Waals surface area (Å²) in [6, 6.07) is 9.84. The summed E-state index contributed by atoms with van der Waals surface area (Å²) in [6.07, 6.45) is 7.96. The molecule has 0 N–H and O–H groups in total. The third kappa shape index (κ3) is 4.78. The van der Waals surface area contributed by atoms with Crippen molar-refractivity contribution in [1.82, 2.24) is 4.67 Å². The fourth-order valence-electron chi connectivity index (χ4n) is 3.30. The summed E-state index contributed by atoms with van der Waals surface area (Å²) in [5.41, 5.74) is 2.12. The van der Waals surface area contributed by atoms with Gasteiger partial charge in [0.05, 0.1) is 6.54 Å². The first-order valence-electron chi connectivity index (χ1n) is 8.31. The Hall–Kier alpha value is -0.920. The van der Waals surface area contributed by atoms with Crippen molar-refractivity contribution >= 4 is 13.3 Å². The van der Waals surface area contributed by atoms with Crippen LogP contribution in [0.3, 0.4) is 0 Å². The molecule has 128 valence electrons. The van der Waals surface area contributed by atoms with Crippen molar-refractivity contribution in [2.45, 2.75) is 50.7 Å². The van der Waals surface area contributed by atoms with E-state index in [2.05, 4.69) is 38.6 Å². The molecule has 2 unspecified atom stereocenters. The average molecular weight is 339 g/mol. The summed E-state index contributed by atoms with van der Waals surface area (Å²) in [7, 11) is -1.89. The van der Waals surface area contributed by atoms with Crippen molar-refractivity contribution in [1.29, 1.82) is 0 Å². The molecule has 0 amide bonds. The smallest absolute Gasteiger partial charge is 0.262 e. The lowest BCUT2D eigenvalue weighted by atomic mass is 10.0. The van der Waals surface area contributed by atoms with E-state index >= 15 is 0 Å². The molecule has 0 radical (unpaired) electrons. The van der Waals surface area contributed by atoms with Gasteiger partial charge in [0.15, 0.2) is 0 Å². The molecular weight excluding hydrogens is 311 g/mol. The average Bonchev–Trinajstić information content (AvgIpc) is 2.82. The van der Waals surface area contributed by atoms with Gasteiger partial charge in [-0.15, -0.1) is 0 Å². The van der Waals surface area contributed by atoms with Gasteiger partial charge in [0, 0.05) is 18.6 Å². The maximum Gasteiger partial charge on any atom is 0.262 e. The maximum atomic E-state index is 14.1. The topological polar surface area (TPSA) is 3.24 Å². The van der Waals surface area contributed by atoms with E-state index in [-0.39, 0.29) is 19.0 Å². The van der Waals surface area contributed by atoms with Gasteiger partial charge in [-0.25, -0.2) is 8.78 Å². The molecule has 1 nitrogen and oxygen atoms in total. The van der Waals surface area contributed by atoms with Crippen molar-refractivity contribution < 1.29 is 8.78 Å². The first-order chi connectivity index (χ1) is 10.7. The van der Waals surface area contributed by atoms with Gasteiger partial charge in [0.25, 0.3) is 5.92 Å². The van der Waals surface area contributed by atoms with Gasteiger partial charge < -0.3 is 0 Å². The van der Waals surface area contributed by atoms with E-state index in [0.717, 1.165) is 31.0 Å². The van der Waals surface area contributed by atoms with Crippen molar-refractivity contribution in [3.05, 3.63) is 48.0 Å². The summed E-state index contributed by atoms with van der Waals surface area (Å²) >= 11 is 0. The molecule has 0 bridgehead atoms. The van der Waals surface area contributed by atoms with Crippen LogP contribution in [-0.4, -0.2) is 36.1 Å². The quantitative estimate of drug-likeness (QED) is 0.459. The number of halogens is 2. The Bertz CT molecular complexity index is 582. The highest BCUT2D eigenvalue weighted by atomic mass is 31.2. The second-order valence-corrected chi connectivity index (χ2v) is 10.4. The van der Waals surface area contributed by atoms with Crippen LogP contribution >= 0.6 is 7.04 Å². The third-order valence-electron chi connectivity index (χ3n) is 4.55. The molecule has 0 aromatic heterocycles. The van der Waals surface area contributed by atoms with E-state index in [1.807, 2.05) is 22.9 Å². The molecule has 0 spiro atoms. The van der Waals surface area contributed by atoms with Gasteiger partial charge in [-0.05, 0) is 25.1 Å². The molecule has 2 rings (SSSR count). The predicted molar refractivity (Wildman–Crippen MR) is 98.8 cm³/mol. The monoisotopic (exact) mass is 339 g/mol. The minimum absolute atomic E-state index is 0.102. The van der Waals surface area contributed by atoms with Crippen LogP contribution in [0, 0.1) is 0 Å². The normalized spacial score (nSPS) is 23.6. The van der Waals surface area contributed by atoms with E-state index in [9.17, 15) is 8.78 Å². The highest BCUT2D eigenvalue weighted by Crippen LogP contribution is 2.56. The Morgan fingerprint density at radius 1 is 1.35 bits per heavy atom.